The molecular weight excluding hydrogens is 260 g/mol. The molecule has 0 saturated heterocycles. The van der Waals surface area contributed by atoms with Crippen LogP contribution < -0.4 is 5.32 Å². The maximum absolute atomic E-state index is 11.9. The van der Waals surface area contributed by atoms with Gasteiger partial charge in [0, 0.05) is 31.4 Å². The summed E-state index contributed by atoms with van der Waals surface area (Å²) in [5, 5.41) is 13.5. The average Bonchev–Trinajstić information content (AvgIpc) is 2.96. The van der Waals surface area contributed by atoms with Gasteiger partial charge < -0.3 is 10.3 Å². The lowest BCUT2D eigenvalue weighted by molar-refractivity contribution is -0.385. The first-order chi connectivity index (χ1) is 9.68. The second-order valence-corrected chi connectivity index (χ2v) is 4.17. The number of rotatable bonds is 6. The number of carbonyl (C=O) groups is 1. The van der Waals surface area contributed by atoms with Gasteiger partial charge in [-0.25, -0.2) is 4.98 Å². The number of benzene rings is 1. The number of imidazole rings is 1. The summed E-state index contributed by atoms with van der Waals surface area (Å²) in [6, 6.07) is 5.90. The van der Waals surface area contributed by atoms with Gasteiger partial charge in [0.05, 0.1) is 4.92 Å². The Morgan fingerprint density at radius 3 is 2.90 bits per heavy atom. The molecule has 0 aliphatic heterocycles. The number of nitro benzene ring substituents is 1. The fourth-order valence-electron chi connectivity index (χ4n) is 1.81. The Balaban J connectivity index is 1.87. The molecule has 2 aromatic rings. The number of nitrogens with zero attached hydrogens (tertiary/aromatic N) is 2. The van der Waals surface area contributed by atoms with E-state index in [2.05, 4.69) is 15.3 Å². The smallest absolute Gasteiger partial charge is 0.282 e. The van der Waals surface area contributed by atoms with E-state index in [1.807, 2.05) is 0 Å². The zero-order valence-electron chi connectivity index (χ0n) is 10.7. The van der Waals surface area contributed by atoms with E-state index in [0.29, 0.717) is 19.4 Å². The number of nitro groups is 1. The van der Waals surface area contributed by atoms with E-state index in [1.165, 1.54) is 18.2 Å². The van der Waals surface area contributed by atoms with E-state index >= 15 is 0 Å². The van der Waals surface area contributed by atoms with Crippen LogP contribution in [0.25, 0.3) is 0 Å². The van der Waals surface area contributed by atoms with Gasteiger partial charge in [-0.05, 0) is 12.5 Å². The zero-order valence-corrected chi connectivity index (χ0v) is 10.7. The Hall–Kier alpha value is -2.70. The molecule has 0 fully saturated rings. The summed E-state index contributed by atoms with van der Waals surface area (Å²) in [5.74, 6) is 0.418. The highest BCUT2D eigenvalue weighted by atomic mass is 16.6. The lowest BCUT2D eigenvalue weighted by atomic mass is 10.1. The summed E-state index contributed by atoms with van der Waals surface area (Å²) in [6.07, 6.45) is 4.83. The number of H-pyrrole nitrogens is 1. The Kier molecular flexibility index (Phi) is 4.43. The van der Waals surface area contributed by atoms with Crippen molar-refractivity contribution in [3.63, 3.8) is 0 Å². The molecule has 1 aromatic heterocycles. The Bertz CT molecular complexity index is 595. The van der Waals surface area contributed by atoms with Crippen molar-refractivity contribution in [1.29, 1.82) is 0 Å². The highest BCUT2D eigenvalue weighted by Gasteiger charge is 2.18. The van der Waals surface area contributed by atoms with Crippen molar-refractivity contribution >= 4 is 11.6 Å². The third-order valence-electron chi connectivity index (χ3n) is 2.78. The SMILES string of the molecule is O=C(NCCCc1ncc[nH]1)c1ccccc1[N+](=O)[O-]. The number of hydrogen-bond acceptors (Lipinski definition) is 4. The molecule has 0 aliphatic carbocycles. The van der Waals surface area contributed by atoms with E-state index in [0.717, 1.165) is 5.82 Å². The molecule has 0 unspecified atom stereocenters. The molecule has 20 heavy (non-hydrogen) atoms. The van der Waals surface area contributed by atoms with Crippen LogP contribution in [0.3, 0.4) is 0 Å². The molecule has 0 radical (unpaired) electrons. The standard InChI is InChI=1S/C13H14N4O3/c18-13(10-4-1-2-5-11(10)17(19)20)16-7-3-6-12-14-8-9-15-12/h1-2,4-5,8-9H,3,6-7H2,(H,14,15)(H,16,18). The van der Waals surface area contributed by atoms with Crippen molar-refractivity contribution in [1.82, 2.24) is 15.3 Å². The van der Waals surface area contributed by atoms with Crippen LogP contribution in [0.5, 0.6) is 0 Å². The van der Waals surface area contributed by atoms with Crippen LogP contribution in [0.1, 0.15) is 22.6 Å². The van der Waals surface area contributed by atoms with Gasteiger partial charge in [0.15, 0.2) is 0 Å². The van der Waals surface area contributed by atoms with E-state index in [-0.39, 0.29) is 11.3 Å². The molecule has 0 spiro atoms. The predicted octanol–water partition coefficient (Wildman–Crippen LogP) is 1.68. The monoisotopic (exact) mass is 274 g/mol. The number of aromatic amines is 1. The number of carbonyl (C=O) groups excluding carboxylic acids is 1. The second-order valence-electron chi connectivity index (χ2n) is 4.17. The van der Waals surface area contributed by atoms with Gasteiger partial charge in [0.25, 0.3) is 11.6 Å². The predicted molar refractivity (Wildman–Crippen MR) is 72.3 cm³/mol. The number of aromatic nitrogens is 2. The van der Waals surface area contributed by atoms with Crippen LogP contribution in [0, 0.1) is 10.1 Å². The number of para-hydroxylation sites is 1. The first-order valence-electron chi connectivity index (χ1n) is 6.18. The maximum Gasteiger partial charge on any atom is 0.282 e. The molecule has 1 heterocycles. The summed E-state index contributed by atoms with van der Waals surface area (Å²) >= 11 is 0. The van der Waals surface area contributed by atoms with Crippen LogP contribution in [0.2, 0.25) is 0 Å². The number of hydrogen-bond donors (Lipinski definition) is 2. The van der Waals surface area contributed by atoms with Gasteiger partial charge in [0.2, 0.25) is 0 Å². The van der Waals surface area contributed by atoms with Gasteiger partial charge in [-0.2, -0.15) is 0 Å². The molecule has 7 heteroatoms. The summed E-state index contributed by atoms with van der Waals surface area (Å²) in [5.41, 5.74) is -0.105. The summed E-state index contributed by atoms with van der Waals surface area (Å²) in [7, 11) is 0. The van der Waals surface area contributed by atoms with Crippen LogP contribution in [0.15, 0.2) is 36.7 Å². The van der Waals surface area contributed by atoms with Crippen LogP contribution in [0.4, 0.5) is 5.69 Å². The quantitative estimate of drug-likeness (QED) is 0.475. The lowest BCUT2D eigenvalue weighted by Crippen LogP contribution is -2.25. The van der Waals surface area contributed by atoms with Gasteiger partial charge >= 0.3 is 0 Å². The third-order valence-corrected chi connectivity index (χ3v) is 2.78. The third kappa shape index (κ3) is 3.41. The van der Waals surface area contributed by atoms with Crippen LogP contribution in [-0.2, 0) is 6.42 Å². The first-order valence-corrected chi connectivity index (χ1v) is 6.18. The van der Waals surface area contributed by atoms with Crippen LogP contribution in [-0.4, -0.2) is 27.3 Å². The van der Waals surface area contributed by atoms with E-state index < -0.39 is 10.8 Å². The molecule has 0 aliphatic rings. The summed E-state index contributed by atoms with van der Waals surface area (Å²) in [6.45, 7) is 0.436. The lowest BCUT2D eigenvalue weighted by Gasteiger charge is -2.05. The van der Waals surface area contributed by atoms with Gasteiger partial charge in [-0.15, -0.1) is 0 Å². The molecule has 0 saturated carbocycles. The molecule has 2 N–H and O–H groups in total. The number of aryl methyl sites for hydroxylation is 1. The molecule has 0 bridgehead atoms. The van der Waals surface area contributed by atoms with Crippen molar-refractivity contribution in [2.75, 3.05) is 6.54 Å². The van der Waals surface area contributed by atoms with E-state index in [1.54, 1.807) is 18.5 Å². The number of nitrogens with one attached hydrogen (secondary N) is 2. The minimum absolute atomic E-state index is 0.0792. The first kappa shape index (κ1) is 13.7. The summed E-state index contributed by atoms with van der Waals surface area (Å²) < 4.78 is 0. The van der Waals surface area contributed by atoms with Crippen molar-refractivity contribution in [2.24, 2.45) is 0 Å². The minimum Gasteiger partial charge on any atom is -0.352 e. The van der Waals surface area contributed by atoms with Crippen molar-refractivity contribution in [3.05, 3.63) is 58.2 Å². The van der Waals surface area contributed by atoms with E-state index in [4.69, 9.17) is 0 Å². The van der Waals surface area contributed by atoms with Gasteiger partial charge in [-0.3, -0.25) is 14.9 Å². The highest BCUT2D eigenvalue weighted by Crippen LogP contribution is 2.17. The largest absolute Gasteiger partial charge is 0.352 e. The molecule has 1 amide bonds. The molecule has 0 atom stereocenters. The van der Waals surface area contributed by atoms with Crippen molar-refractivity contribution in [3.8, 4) is 0 Å². The Labute approximate surface area is 115 Å². The van der Waals surface area contributed by atoms with Crippen molar-refractivity contribution in [2.45, 2.75) is 12.8 Å². The molecule has 104 valence electrons. The van der Waals surface area contributed by atoms with Gasteiger partial charge in [0.1, 0.15) is 11.4 Å². The number of amides is 1. The molecular formula is C13H14N4O3. The average molecular weight is 274 g/mol. The van der Waals surface area contributed by atoms with Crippen LogP contribution >= 0.6 is 0 Å². The fourth-order valence-corrected chi connectivity index (χ4v) is 1.81. The normalized spacial score (nSPS) is 10.2. The Morgan fingerprint density at radius 2 is 2.20 bits per heavy atom. The van der Waals surface area contributed by atoms with E-state index in [9.17, 15) is 14.9 Å². The fraction of sp³-hybridized carbons (Fsp3) is 0.231. The highest BCUT2D eigenvalue weighted by molar-refractivity contribution is 5.98. The molecule has 7 nitrogen and oxygen atoms in total. The Morgan fingerprint density at radius 1 is 1.40 bits per heavy atom. The maximum atomic E-state index is 11.9. The van der Waals surface area contributed by atoms with Crippen molar-refractivity contribution < 1.29 is 9.72 Å². The minimum atomic E-state index is -0.558. The zero-order chi connectivity index (χ0) is 14.4. The topological polar surface area (TPSA) is 101 Å². The molecule has 2 rings (SSSR count). The van der Waals surface area contributed by atoms with Gasteiger partial charge in [-0.1, -0.05) is 12.1 Å². The second kappa shape index (κ2) is 6.46. The summed E-state index contributed by atoms with van der Waals surface area (Å²) in [4.78, 5) is 29.2. The molecule has 1 aromatic carbocycles.